The molecule has 2 rings (SSSR count). The van der Waals surface area contributed by atoms with Gasteiger partial charge in [-0.3, -0.25) is 4.90 Å². The van der Waals surface area contributed by atoms with Crippen molar-refractivity contribution in [3.63, 3.8) is 0 Å². The number of aryl methyl sites for hydroxylation is 3. The van der Waals surface area contributed by atoms with Crippen LogP contribution in [-0.4, -0.2) is 29.4 Å². The van der Waals surface area contributed by atoms with Crippen LogP contribution in [0.2, 0.25) is 0 Å². The SMILES string of the molecule is Cc1cc(C)c(NC(=O)N2C=C(CO)OC2)c(C)c1. The summed E-state index contributed by atoms with van der Waals surface area (Å²) in [5.74, 6) is 0.396. The summed E-state index contributed by atoms with van der Waals surface area (Å²) in [6.07, 6.45) is 1.51. The van der Waals surface area contributed by atoms with Gasteiger partial charge in [-0.2, -0.15) is 0 Å². The van der Waals surface area contributed by atoms with Crippen LogP contribution in [0.4, 0.5) is 10.5 Å². The number of hydrogen-bond acceptors (Lipinski definition) is 3. The van der Waals surface area contributed by atoms with Crippen LogP contribution in [0.3, 0.4) is 0 Å². The van der Waals surface area contributed by atoms with E-state index in [4.69, 9.17) is 9.84 Å². The molecule has 2 N–H and O–H groups in total. The molecule has 5 nitrogen and oxygen atoms in total. The van der Waals surface area contributed by atoms with Crippen LogP contribution >= 0.6 is 0 Å². The molecule has 0 unspecified atom stereocenters. The van der Waals surface area contributed by atoms with Gasteiger partial charge in [0.05, 0.1) is 6.20 Å². The summed E-state index contributed by atoms with van der Waals surface area (Å²) in [6.45, 7) is 5.88. The Hall–Kier alpha value is -2.01. The molecule has 0 saturated heterocycles. The fraction of sp³-hybridized carbons (Fsp3) is 0.357. The van der Waals surface area contributed by atoms with Gasteiger partial charge in [-0.05, 0) is 31.9 Å². The van der Waals surface area contributed by atoms with Gasteiger partial charge < -0.3 is 15.2 Å². The van der Waals surface area contributed by atoms with Crippen LogP contribution < -0.4 is 5.32 Å². The number of aliphatic hydroxyl groups is 1. The lowest BCUT2D eigenvalue weighted by Crippen LogP contribution is -2.29. The van der Waals surface area contributed by atoms with Crippen molar-refractivity contribution < 1.29 is 14.6 Å². The van der Waals surface area contributed by atoms with Gasteiger partial charge in [-0.15, -0.1) is 0 Å². The highest BCUT2D eigenvalue weighted by atomic mass is 16.5. The summed E-state index contributed by atoms with van der Waals surface area (Å²) in [7, 11) is 0. The number of urea groups is 1. The lowest BCUT2D eigenvalue weighted by Gasteiger charge is -2.16. The molecule has 0 aliphatic carbocycles. The second kappa shape index (κ2) is 5.32. The number of ether oxygens (including phenoxy) is 1. The fourth-order valence-corrected chi connectivity index (χ4v) is 2.16. The van der Waals surface area contributed by atoms with Crippen molar-refractivity contribution in [2.45, 2.75) is 20.8 Å². The lowest BCUT2D eigenvalue weighted by atomic mass is 10.1. The maximum atomic E-state index is 12.1. The number of anilines is 1. The maximum Gasteiger partial charge on any atom is 0.328 e. The van der Waals surface area contributed by atoms with Crippen molar-refractivity contribution in [1.29, 1.82) is 0 Å². The van der Waals surface area contributed by atoms with Gasteiger partial charge in [0.2, 0.25) is 0 Å². The molecule has 0 aromatic heterocycles. The van der Waals surface area contributed by atoms with Crippen LogP contribution in [0.25, 0.3) is 0 Å². The molecular formula is C14H18N2O3. The monoisotopic (exact) mass is 262 g/mol. The fourth-order valence-electron chi connectivity index (χ4n) is 2.16. The molecule has 1 aromatic carbocycles. The van der Waals surface area contributed by atoms with Crippen molar-refractivity contribution in [3.8, 4) is 0 Å². The predicted molar refractivity (Wildman–Crippen MR) is 72.6 cm³/mol. The number of hydrogen-bond donors (Lipinski definition) is 2. The normalized spacial score (nSPS) is 14.1. The van der Waals surface area contributed by atoms with Gasteiger partial charge >= 0.3 is 6.03 Å². The molecular weight excluding hydrogens is 244 g/mol. The van der Waals surface area contributed by atoms with E-state index in [0.717, 1.165) is 16.8 Å². The third-order valence-corrected chi connectivity index (χ3v) is 3.01. The molecule has 102 valence electrons. The zero-order chi connectivity index (χ0) is 14.0. The number of carbonyl (C=O) groups is 1. The zero-order valence-corrected chi connectivity index (χ0v) is 11.4. The first kappa shape index (κ1) is 13.4. The first-order valence-electron chi connectivity index (χ1n) is 6.11. The molecule has 0 spiro atoms. The zero-order valence-electron chi connectivity index (χ0n) is 11.4. The molecule has 1 aromatic rings. The number of carbonyl (C=O) groups excluding carboxylic acids is 1. The van der Waals surface area contributed by atoms with Gasteiger partial charge in [-0.25, -0.2) is 4.79 Å². The Balaban J connectivity index is 2.14. The Kier molecular flexibility index (Phi) is 3.76. The summed E-state index contributed by atoms with van der Waals surface area (Å²) < 4.78 is 5.13. The smallest absolute Gasteiger partial charge is 0.328 e. The van der Waals surface area contributed by atoms with E-state index in [-0.39, 0.29) is 19.4 Å². The molecule has 0 bridgehead atoms. The molecule has 0 radical (unpaired) electrons. The van der Waals surface area contributed by atoms with Gasteiger partial charge in [0.15, 0.2) is 6.73 Å². The Morgan fingerprint density at radius 3 is 2.53 bits per heavy atom. The third kappa shape index (κ3) is 2.88. The highest BCUT2D eigenvalue weighted by molar-refractivity contribution is 5.91. The van der Waals surface area contributed by atoms with Crippen molar-refractivity contribution in [1.82, 2.24) is 4.90 Å². The predicted octanol–water partition coefficient (Wildman–Crippen LogP) is 2.27. The van der Waals surface area contributed by atoms with Gasteiger partial charge in [0.25, 0.3) is 0 Å². The van der Waals surface area contributed by atoms with Crippen molar-refractivity contribution in [2.75, 3.05) is 18.7 Å². The molecule has 19 heavy (non-hydrogen) atoms. The summed E-state index contributed by atoms with van der Waals surface area (Å²) in [4.78, 5) is 13.5. The molecule has 1 heterocycles. The van der Waals surface area contributed by atoms with E-state index in [1.165, 1.54) is 16.7 Å². The second-order valence-corrected chi connectivity index (χ2v) is 4.70. The van der Waals surface area contributed by atoms with E-state index in [9.17, 15) is 4.79 Å². The Morgan fingerprint density at radius 1 is 1.37 bits per heavy atom. The number of aliphatic hydroxyl groups excluding tert-OH is 1. The Labute approximate surface area is 112 Å². The summed E-state index contributed by atoms with van der Waals surface area (Å²) in [5, 5.41) is 11.8. The van der Waals surface area contributed by atoms with Crippen molar-refractivity contribution in [2.24, 2.45) is 0 Å². The Morgan fingerprint density at radius 2 is 2.00 bits per heavy atom. The van der Waals surface area contributed by atoms with E-state index >= 15 is 0 Å². The van der Waals surface area contributed by atoms with Crippen LogP contribution in [0.15, 0.2) is 24.1 Å². The van der Waals surface area contributed by atoms with E-state index in [0.29, 0.717) is 5.76 Å². The minimum atomic E-state index is -0.265. The third-order valence-electron chi connectivity index (χ3n) is 3.01. The van der Waals surface area contributed by atoms with Crippen LogP contribution in [0, 0.1) is 20.8 Å². The average Bonchev–Trinajstić information content (AvgIpc) is 2.82. The molecule has 5 heteroatoms. The maximum absolute atomic E-state index is 12.1. The average molecular weight is 262 g/mol. The topological polar surface area (TPSA) is 61.8 Å². The standard InChI is InChI=1S/C14H18N2O3/c1-9-4-10(2)13(11(3)5-9)15-14(18)16-6-12(7-17)19-8-16/h4-6,17H,7-8H2,1-3H3,(H,15,18). The van der Waals surface area contributed by atoms with E-state index in [1.807, 2.05) is 32.9 Å². The number of benzene rings is 1. The van der Waals surface area contributed by atoms with E-state index in [2.05, 4.69) is 5.32 Å². The quantitative estimate of drug-likeness (QED) is 0.859. The lowest BCUT2D eigenvalue weighted by molar-refractivity contribution is 0.138. The largest absolute Gasteiger partial charge is 0.473 e. The van der Waals surface area contributed by atoms with Crippen LogP contribution in [0.1, 0.15) is 16.7 Å². The molecule has 1 aliphatic heterocycles. The highest BCUT2D eigenvalue weighted by Gasteiger charge is 2.20. The highest BCUT2D eigenvalue weighted by Crippen LogP contribution is 2.23. The second-order valence-electron chi connectivity index (χ2n) is 4.70. The van der Waals surface area contributed by atoms with E-state index in [1.54, 1.807) is 0 Å². The van der Waals surface area contributed by atoms with Crippen molar-refractivity contribution >= 4 is 11.7 Å². The summed E-state index contributed by atoms with van der Waals surface area (Å²) in [5.41, 5.74) is 4.04. The molecule has 0 fully saturated rings. The van der Waals surface area contributed by atoms with Gasteiger partial charge in [0, 0.05) is 5.69 Å². The molecule has 0 atom stereocenters. The molecule has 1 aliphatic rings. The van der Waals surface area contributed by atoms with Gasteiger partial charge in [0.1, 0.15) is 12.4 Å². The van der Waals surface area contributed by atoms with E-state index < -0.39 is 0 Å². The Bertz CT molecular complexity index is 514. The van der Waals surface area contributed by atoms with Crippen molar-refractivity contribution in [3.05, 3.63) is 40.8 Å². The van der Waals surface area contributed by atoms with Gasteiger partial charge in [-0.1, -0.05) is 17.7 Å². The number of rotatable bonds is 2. The first-order valence-corrected chi connectivity index (χ1v) is 6.11. The van der Waals surface area contributed by atoms with Crippen LogP contribution in [-0.2, 0) is 4.74 Å². The minimum Gasteiger partial charge on any atom is -0.473 e. The molecule has 0 saturated carbocycles. The van der Waals surface area contributed by atoms with Crippen LogP contribution in [0.5, 0.6) is 0 Å². The summed E-state index contributed by atoms with van der Waals surface area (Å²) >= 11 is 0. The minimum absolute atomic E-state index is 0.131. The first-order chi connectivity index (χ1) is 9.01. The molecule has 2 amide bonds. The number of nitrogens with zero attached hydrogens (tertiary/aromatic N) is 1. The summed E-state index contributed by atoms with van der Waals surface area (Å²) in [6, 6.07) is 3.79. The number of amides is 2. The number of nitrogens with one attached hydrogen (secondary N) is 1.